The quantitative estimate of drug-likeness (QED) is 0.0277. The Bertz CT molecular complexity index is 1140. The molecule has 0 aromatic heterocycles. The van der Waals surface area contributed by atoms with Gasteiger partial charge in [-0.15, -0.1) is 0 Å². The number of likely N-dealkylation sites (tertiary alicyclic amines) is 1. The van der Waals surface area contributed by atoms with Crippen molar-refractivity contribution in [2.45, 2.75) is 75.5 Å². The van der Waals surface area contributed by atoms with Crippen LogP contribution in [-0.4, -0.2) is 107 Å². The van der Waals surface area contributed by atoms with Crippen LogP contribution in [0.25, 0.3) is 0 Å². The number of nitrogens with two attached hydrogens (primary N) is 6. The second kappa shape index (κ2) is 18.4. The summed E-state index contributed by atoms with van der Waals surface area (Å²) in [4.78, 5) is 94.9. The van der Waals surface area contributed by atoms with E-state index in [0.717, 1.165) is 0 Å². The van der Waals surface area contributed by atoms with E-state index in [1.165, 1.54) is 4.90 Å². The van der Waals surface area contributed by atoms with Crippen LogP contribution in [0.3, 0.4) is 0 Å². The molecule has 20 heteroatoms. The molecule has 1 fully saturated rings. The molecule has 1 saturated heterocycles. The number of carboxylic acids is 1. The van der Waals surface area contributed by atoms with E-state index in [1.807, 2.05) is 0 Å². The van der Waals surface area contributed by atoms with Crippen LogP contribution >= 0.6 is 0 Å². The van der Waals surface area contributed by atoms with E-state index < -0.39 is 78.4 Å². The lowest BCUT2D eigenvalue weighted by molar-refractivity contribution is -0.142. The summed E-state index contributed by atoms with van der Waals surface area (Å²) < 4.78 is 0. The number of carboxylic acid groups (broad SMARTS) is 1. The SMILES string of the molecule is NC(=O)[C@H](CC(=O)O)NC(=O)CC(=O)N[C@@H](CCCN=C(N)N)C(=O)N1CCC[C@@H]1C(=O)N[C@@H](CCCN=C(N)N)C(N)=O. The van der Waals surface area contributed by atoms with E-state index >= 15 is 0 Å². The van der Waals surface area contributed by atoms with E-state index in [4.69, 9.17) is 39.5 Å². The molecule has 0 radical (unpaired) electrons. The van der Waals surface area contributed by atoms with Gasteiger partial charge in [0.2, 0.25) is 35.4 Å². The van der Waals surface area contributed by atoms with E-state index in [9.17, 15) is 33.6 Å². The third-order valence-electron chi connectivity index (χ3n) is 6.40. The third kappa shape index (κ3) is 13.7. The first-order valence-electron chi connectivity index (χ1n) is 13.7. The summed E-state index contributed by atoms with van der Waals surface area (Å²) in [5.74, 6) is -6.79. The second-order valence-corrected chi connectivity index (χ2v) is 9.97. The molecule has 0 bridgehead atoms. The molecule has 44 heavy (non-hydrogen) atoms. The molecular formula is C24H42N12O8. The molecule has 1 aliphatic rings. The zero-order valence-corrected chi connectivity index (χ0v) is 24.2. The lowest BCUT2D eigenvalue weighted by atomic mass is 10.1. The first-order chi connectivity index (χ1) is 20.6. The number of rotatable bonds is 19. The van der Waals surface area contributed by atoms with Crippen LogP contribution in [0.4, 0.5) is 0 Å². The van der Waals surface area contributed by atoms with Gasteiger partial charge in [-0.3, -0.25) is 43.5 Å². The number of hydrogen-bond acceptors (Lipinski definition) is 9. The molecule has 0 saturated carbocycles. The highest BCUT2D eigenvalue weighted by atomic mass is 16.4. The molecule has 1 heterocycles. The lowest BCUT2D eigenvalue weighted by Crippen LogP contribution is -2.56. The number of hydrogen-bond donors (Lipinski definition) is 10. The molecule has 1 aliphatic heterocycles. The molecule has 6 amide bonds. The number of carbonyl (C=O) groups excluding carboxylic acids is 6. The number of nitrogens with one attached hydrogen (secondary N) is 3. The fourth-order valence-corrected chi connectivity index (χ4v) is 4.36. The molecule has 16 N–H and O–H groups in total. The molecule has 0 aromatic rings. The van der Waals surface area contributed by atoms with Gasteiger partial charge in [-0.05, 0) is 38.5 Å². The van der Waals surface area contributed by atoms with Gasteiger partial charge in [0.15, 0.2) is 11.9 Å². The van der Waals surface area contributed by atoms with Crippen molar-refractivity contribution < 1.29 is 38.7 Å². The van der Waals surface area contributed by atoms with Crippen molar-refractivity contribution in [2.75, 3.05) is 19.6 Å². The van der Waals surface area contributed by atoms with Crippen LogP contribution in [0.5, 0.6) is 0 Å². The summed E-state index contributed by atoms with van der Waals surface area (Å²) in [7, 11) is 0. The summed E-state index contributed by atoms with van der Waals surface area (Å²) in [6, 6.07) is -4.79. The standard InChI is InChI=1S/C24H42N12O8/c25-19(41)12(4-1-7-31-23(27)28)35-21(43)15-6-3-9-36(15)22(44)13(5-2-8-32-24(29)30)33-16(37)11-17(38)34-14(20(26)42)10-18(39)40/h12-15H,1-11H2,(H2,25,41)(H2,26,42)(H,33,37)(H,34,38)(H,35,43)(H,39,40)(H4,27,28,31)(H4,29,30,32)/t12-,13-,14-,15+/m0/s1. The Morgan fingerprint density at radius 3 is 1.73 bits per heavy atom. The molecular weight excluding hydrogens is 584 g/mol. The summed E-state index contributed by atoms with van der Waals surface area (Å²) >= 11 is 0. The van der Waals surface area contributed by atoms with Crippen LogP contribution < -0.4 is 50.4 Å². The Kier molecular flexibility index (Phi) is 15.4. The summed E-state index contributed by atoms with van der Waals surface area (Å²) in [6.07, 6.45) is -0.193. The van der Waals surface area contributed by atoms with E-state index in [1.54, 1.807) is 0 Å². The van der Waals surface area contributed by atoms with Gasteiger partial charge in [-0.2, -0.15) is 0 Å². The number of carbonyl (C=O) groups is 7. The molecule has 246 valence electrons. The van der Waals surface area contributed by atoms with Crippen LogP contribution in [0, 0.1) is 0 Å². The van der Waals surface area contributed by atoms with Gasteiger partial charge < -0.3 is 60.4 Å². The van der Waals surface area contributed by atoms with Gasteiger partial charge in [0.05, 0.1) is 6.42 Å². The largest absolute Gasteiger partial charge is 0.481 e. The number of primary amides is 2. The number of guanidine groups is 2. The number of amides is 6. The average molecular weight is 627 g/mol. The van der Waals surface area contributed by atoms with Crippen molar-refractivity contribution >= 4 is 53.3 Å². The fourth-order valence-electron chi connectivity index (χ4n) is 4.36. The van der Waals surface area contributed by atoms with Crippen molar-refractivity contribution in [2.24, 2.45) is 44.4 Å². The minimum atomic E-state index is -1.55. The summed E-state index contributed by atoms with van der Waals surface area (Å²) in [6.45, 7) is 0.485. The summed E-state index contributed by atoms with van der Waals surface area (Å²) in [5.41, 5.74) is 31.8. The monoisotopic (exact) mass is 626 g/mol. The van der Waals surface area contributed by atoms with Crippen LogP contribution in [0.15, 0.2) is 9.98 Å². The smallest absolute Gasteiger partial charge is 0.305 e. The number of aliphatic imine (C=N–C) groups is 2. The number of aliphatic carboxylic acids is 1. The van der Waals surface area contributed by atoms with E-state index in [-0.39, 0.29) is 57.2 Å². The molecule has 1 rings (SSSR count). The van der Waals surface area contributed by atoms with Crippen molar-refractivity contribution in [3.05, 3.63) is 0 Å². The lowest BCUT2D eigenvalue weighted by Gasteiger charge is -2.29. The second-order valence-electron chi connectivity index (χ2n) is 9.97. The topological polar surface area (TPSA) is 360 Å². The highest BCUT2D eigenvalue weighted by molar-refractivity contribution is 6.01. The van der Waals surface area contributed by atoms with E-state index in [2.05, 4.69) is 25.9 Å². The minimum absolute atomic E-state index is 0.0193. The van der Waals surface area contributed by atoms with Gasteiger partial charge in [-0.25, -0.2) is 0 Å². The minimum Gasteiger partial charge on any atom is -0.481 e. The zero-order chi connectivity index (χ0) is 33.4. The maximum Gasteiger partial charge on any atom is 0.305 e. The fraction of sp³-hybridized carbons (Fsp3) is 0.625. The van der Waals surface area contributed by atoms with E-state index in [0.29, 0.717) is 12.8 Å². The molecule has 0 unspecified atom stereocenters. The predicted octanol–water partition coefficient (Wildman–Crippen LogP) is -5.63. The van der Waals surface area contributed by atoms with Gasteiger partial charge in [0.1, 0.15) is 30.6 Å². The highest BCUT2D eigenvalue weighted by Gasteiger charge is 2.38. The van der Waals surface area contributed by atoms with Crippen LogP contribution in [0.1, 0.15) is 51.4 Å². The first kappa shape index (κ1) is 36.9. The highest BCUT2D eigenvalue weighted by Crippen LogP contribution is 2.20. The first-order valence-corrected chi connectivity index (χ1v) is 13.7. The Labute approximate surface area is 252 Å². The Balaban J connectivity index is 2.99. The maximum absolute atomic E-state index is 13.6. The molecule has 0 aromatic carbocycles. The molecule has 0 spiro atoms. The van der Waals surface area contributed by atoms with Crippen molar-refractivity contribution in [3.8, 4) is 0 Å². The Hall–Kier alpha value is -5.17. The van der Waals surface area contributed by atoms with Gasteiger partial charge in [0, 0.05) is 19.6 Å². The van der Waals surface area contributed by atoms with Crippen LogP contribution in [-0.2, 0) is 33.6 Å². The van der Waals surface area contributed by atoms with Crippen molar-refractivity contribution in [1.29, 1.82) is 0 Å². The van der Waals surface area contributed by atoms with Crippen LogP contribution in [0.2, 0.25) is 0 Å². The normalized spacial score (nSPS) is 16.0. The van der Waals surface area contributed by atoms with Gasteiger partial charge in [0.25, 0.3) is 0 Å². The Morgan fingerprint density at radius 2 is 1.25 bits per heavy atom. The third-order valence-corrected chi connectivity index (χ3v) is 6.40. The van der Waals surface area contributed by atoms with Gasteiger partial charge >= 0.3 is 5.97 Å². The molecule has 4 atom stereocenters. The maximum atomic E-state index is 13.6. The average Bonchev–Trinajstić information content (AvgIpc) is 3.40. The van der Waals surface area contributed by atoms with Gasteiger partial charge in [-0.1, -0.05) is 0 Å². The van der Waals surface area contributed by atoms with Crippen molar-refractivity contribution in [1.82, 2.24) is 20.9 Å². The predicted molar refractivity (Wildman–Crippen MR) is 156 cm³/mol. The van der Waals surface area contributed by atoms with Crippen molar-refractivity contribution in [3.63, 3.8) is 0 Å². The summed E-state index contributed by atoms with van der Waals surface area (Å²) in [5, 5.41) is 16.0. The molecule has 0 aliphatic carbocycles. The molecule has 20 nitrogen and oxygen atoms in total. The zero-order valence-electron chi connectivity index (χ0n) is 24.2. The Morgan fingerprint density at radius 1 is 0.750 bits per heavy atom. The number of nitrogens with zero attached hydrogens (tertiary/aromatic N) is 3.